The van der Waals surface area contributed by atoms with Gasteiger partial charge in [0.05, 0.1) is 0 Å². The highest BCUT2D eigenvalue weighted by atomic mass is 15.1. The lowest BCUT2D eigenvalue weighted by atomic mass is 10.1. The van der Waals surface area contributed by atoms with Crippen LogP contribution in [0.1, 0.15) is 19.0 Å². The highest BCUT2D eigenvalue weighted by Crippen LogP contribution is 2.18. The third-order valence-electron chi connectivity index (χ3n) is 3.04. The largest absolute Gasteiger partial charge is 0.369 e. The number of hydrogen-bond donors (Lipinski definition) is 1. The molecule has 0 bridgehead atoms. The van der Waals surface area contributed by atoms with Crippen LogP contribution in [0.5, 0.6) is 0 Å². The number of aryl methyl sites for hydroxylation is 1. The van der Waals surface area contributed by atoms with Gasteiger partial charge in [-0.25, -0.2) is 4.98 Å². The Labute approximate surface area is 118 Å². The number of aromatic nitrogens is 3. The molecule has 5 heteroatoms. The Balaban J connectivity index is 2.74. The molecular formula is C15H19N5. The molecule has 2 aromatic heterocycles. The minimum atomic E-state index is 0.417. The molecule has 20 heavy (non-hydrogen) atoms. The molecule has 0 spiro atoms. The average molecular weight is 269 g/mol. The highest BCUT2D eigenvalue weighted by molar-refractivity contribution is 5.64. The van der Waals surface area contributed by atoms with E-state index in [0.29, 0.717) is 5.95 Å². The number of hydrogen-bond acceptors (Lipinski definition) is 4. The van der Waals surface area contributed by atoms with Crippen molar-refractivity contribution in [1.29, 1.82) is 0 Å². The maximum absolute atomic E-state index is 5.95. The predicted molar refractivity (Wildman–Crippen MR) is 81.7 cm³/mol. The van der Waals surface area contributed by atoms with Crippen LogP contribution in [0.3, 0.4) is 0 Å². The van der Waals surface area contributed by atoms with Gasteiger partial charge in [0.1, 0.15) is 5.49 Å². The number of pyridine rings is 1. The van der Waals surface area contributed by atoms with Gasteiger partial charge in [0.2, 0.25) is 5.95 Å². The summed E-state index contributed by atoms with van der Waals surface area (Å²) in [6, 6.07) is 3.92. The van der Waals surface area contributed by atoms with Gasteiger partial charge in [0, 0.05) is 42.5 Å². The van der Waals surface area contributed by atoms with E-state index in [9.17, 15) is 0 Å². The van der Waals surface area contributed by atoms with Gasteiger partial charge in [-0.3, -0.25) is 14.5 Å². The number of nitrogens with zero attached hydrogens (tertiary/aromatic N) is 4. The summed E-state index contributed by atoms with van der Waals surface area (Å²) in [7, 11) is 1.75. The van der Waals surface area contributed by atoms with Gasteiger partial charge in [-0.05, 0) is 19.4 Å². The first-order chi connectivity index (χ1) is 9.69. The van der Waals surface area contributed by atoms with E-state index in [2.05, 4.69) is 21.9 Å². The Morgan fingerprint density at radius 1 is 1.35 bits per heavy atom. The van der Waals surface area contributed by atoms with Crippen LogP contribution in [0.4, 0.5) is 5.95 Å². The lowest BCUT2D eigenvalue weighted by molar-refractivity contribution is 0.955. The summed E-state index contributed by atoms with van der Waals surface area (Å²) in [5.41, 5.74) is 9.60. The molecule has 2 rings (SSSR count). The van der Waals surface area contributed by atoms with Gasteiger partial charge < -0.3 is 5.73 Å². The SMILES string of the molecule is CC/C=C\n1c(N)ncc(-c2cccnc2C)c1=NC. The van der Waals surface area contributed by atoms with Crippen LogP contribution < -0.4 is 11.2 Å². The van der Waals surface area contributed by atoms with Gasteiger partial charge in [0.15, 0.2) is 0 Å². The molecule has 2 heterocycles. The molecule has 0 amide bonds. The Morgan fingerprint density at radius 2 is 2.15 bits per heavy atom. The summed E-state index contributed by atoms with van der Waals surface area (Å²) in [6.45, 7) is 4.04. The molecule has 0 saturated carbocycles. The Kier molecular flexibility index (Phi) is 4.30. The van der Waals surface area contributed by atoms with Gasteiger partial charge in [-0.2, -0.15) is 0 Å². The van der Waals surface area contributed by atoms with Crippen LogP contribution in [0.25, 0.3) is 17.3 Å². The second-order valence-corrected chi connectivity index (χ2v) is 4.38. The number of rotatable bonds is 3. The van der Waals surface area contributed by atoms with Crippen molar-refractivity contribution in [2.45, 2.75) is 20.3 Å². The van der Waals surface area contributed by atoms with Crippen molar-refractivity contribution >= 4 is 12.1 Å². The van der Waals surface area contributed by atoms with Crippen LogP contribution in [-0.2, 0) is 0 Å². The lowest BCUT2D eigenvalue weighted by Crippen LogP contribution is -2.23. The van der Waals surface area contributed by atoms with Crippen molar-refractivity contribution in [3.8, 4) is 11.1 Å². The summed E-state index contributed by atoms with van der Waals surface area (Å²) in [6.07, 6.45) is 8.37. The van der Waals surface area contributed by atoms with Crippen molar-refractivity contribution in [2.75, 3.05) is 12.8 Å². The van der Waals surface area contributed by atoms with Crippen LogP contribution >= 0.6 is 0 Å². The molecule has 0 fully saturated rings. The number of nitrogens with two attached hydrogens (primary N) is 1. The number of nitrogen functional groups attached to an aromatic ring is 1. The summed E-state index contributed by atoms with van der Waals surface area (Å²) in [5, 5.41) is 0. The van der Waals surface area contributed by atoms with Crippen LogP contribution in [0.15, 0.2) is 35.6 Å². The minimum Gasteiger partial charge on any atom is -0.369 e. The smallest absolute Gasteiger partial charge is 0.205 e. The van der Waals surface area contributed by atoms with Crippen molar-refractivity contribution in [2.24, 2.45) is 4.99 Å². The molecule has 5 nitrogen and oxygen atoms in total. The Bertz CT molecular complexity index is 698. The third-order valence-corrected chi connectivity index (χ3v) is 3.04. The first-order valence-corrected chi connectivity index (χ1v) is 6.57. The van der Waals surface area contributed by atoms with E-state index in [1.807, 2.05) is 31.3 Å². The second-order valence-electron chi connectivity index (χ2n) is 4.38. The fraction of sp³-hybridized carbons (Fsp3) is 0.267. The molecule has 2 aromatic rings. The van der Waals surface area contributed by atoms with E-state index in [1.165, 1.54) is 0 Å². The first kappa shape index (κ1) is 14.0. The van der Waals surface area contributed by atoms with Crippen molar-refractivity contribution < 1.29 is 0 Å². The zero-order chi connectivity index (χ0) is 14.5. The van der Waals surface area contributed by atoms with Crippen molar-refractivity contribution in [3.05, 3.63) is 41.8 Å². The first-order valence-electron chi connectivity index (χ1n) is 6.57. The lowest BCUT2D eigenvalue weighted by Gasteiger charge is -2.11. The third kappa shape index (κ3) is 2.61. The van der Waals surface area contributed by atoms with E-state index in [-0.39, 0.29) is 0 Å². The topological polar surface area (TPSA) is 69.1 Å². The van der Waals surface area contributed by atoms with E-state index >= 15 is 0 Å². The van der Waals surface area contributed by atoms with Crippen LogP contribution in [0.2, 0.25) is 0 Å². The Morgan fingerprint density at radius 3 is 2.80 bits per heavy atom. The van der Waals surface area contributed by atoms with Gasteiger partial charge in [0.25, 0.3) is 0 Å². The summed E-state index contributed by atoms with van der Waals surface area (Å²) >= 11 is 0. The molecule has 0 aliphatic carbocycles. The maximum Gasteiger partial charge on any atom is 0.205 e. The molecule has 2 N–H and O–H groups in total. The second kappa shape index (κ2) is 6.14. The van der Waals surface area contributed by atoms with Crippen LogP contribution in [-0.4, -0.2) is 21.6 Å². The minimum absolute atomic E-state index is 0.417. The fourth-order valence-corrected chi connectivity index (χ4v) is 2.03. The molecule has 0 radical (unpaired) electrons. The quantitative estimate of drug-likeness (QED) is 0.929. The van der Waals surface area contributed by atoms with Crippen molar-refractivity contribution in [1.82, 2.24) is 14.5 Å². The molecule has 0 unspecified atom stereocenters. The maximum atomic E-state index is 5.95. The van der Waals surface area contributed by atoms with E-state index < -0.39 is 0 Å². The number of allylic oxidation sites excluding steroid dienone is 1. The van der Waals surface area contributed by atoms with Gasteiger partial charge in [-0.1, -0.05) is 19.1 Å². The fourth-order valence-electron chi connectivity index (χ4n) is 2.03. The normalized spacial score (nSPS) is 12.2. The molecule has 0 atom stereocenters. The van der Waals surface area contributed by atoms with E-state index in [1.54, 1.807) is 24.0 Å². The predicted octanol–water partition coefficient (Wildman–Crippen LogP) is 2.25. The molecule has 104 valence electrons. The summed E-state index contributed by atoms with van der Waals surface area (Å²) < 4.78 is 1.80. The van der Waals surface area contributed by atoms with Gasteiger partial charge in [-0.15, -0.1) is 0 Å². The van der Waals surface area contributed by atoms with E-state index in [0.717, 1.165) is 28.7 Å². The molecule has 0 aliphatic heterocycles. The monoisotopic (exact) mass is 269 g/mol. The standard InChI is InChI=1S/C15H19N5/c1-4-5-9-20-14(17-3)13(10-19-15(20)16)12-7-6-8-18-11(12)2/h5-10H,4H2,1-3H3,(H2,16,19)/b9-5-,17-14?. The molecule has 0 aromatic carbocycles. The summed E-state index contributed by atoms with van der Waals surface area (Å²) in [5.74, 6) is 0.417. The summed E-state index contributed by atoms with van der Waals surface area (Å²) in [4.78, 5) is 12.9. The zero-order valence-electron chi connectivity index (χ0n) is 12.0. The van der Waals surface area contributed by atoms with Crippen LogP contribution in [0, 0.1) is 6.92 Å². The average Bonchev–Trinajstić information content (AvgIpc) is 2.46. The van der Waals surface area contributed by atoms with Crippen molar-refractivity contribution in [3.63, 3.8) is 0 Å². The molecular weight excluding hydrogens is 250 g/mol. The molecule has 0 saturated heterocycles. The number of anilines is 1. The highest BCUT2D eigenvalue weighted by Gasteiger charge is 2.09. The molecule has 0 aliphatic rings. The Hall–Kier alpha value is -2.43. The van der Waals surface area contributed by atoms with E-state index in [4.69, 9.17) is 5.73 Å². The zero-order valence-corrected chi connectivity index (χ0v) is 12.0. The van der Waals surface area contributed by atoms with Gasteiger partial charge >= 0.3 is 0 Å².